The molecular formula is C33H37Cl2N7O4. The summed E-state index contributed by atoms with van der Waals surface area (Å²) in [6.07, 6.45) is 7.54. The van der Waals surface area contributed by atoms with Crippen LogP contribution in [-0.4, -0.2) is 94.7 Å². The van der Waals surface area contributed by atoms with Gasteiger partial charge >= 0.3 is 6.03 Å². The summed E-state index contributed by atoms with van der Waals surface area (Å²) in [5.41, 5.74) is 3.36. The van der Waals surface area contributed by atoms with Crippen molar-refractivity contribution in [2.45, 2.75) is 38.5 Å². The van der Waals surface area contributed by atoms with Crippen molar-refractivity contribution in [3.05, 3.63) is 64.5 Å². The van der Waals surface area contributed by atoms with E-state index in [0.29, 0.717) is 60.8 Å². The summed E-state index contributed by atoms with van der Waals surface area (Å²) >= 11 is 12.8. The highest BCUT2D eigenvalue weighted by Crippen LogP contribution is 2.37. The molecule has 46 heavy (non-hydrogen) atoms. The zero-order chi connectivity index (χ0) is 31.6. The van der Waals surface area contributed by atoms with Gasteiger partial charge in [-0.2, -0.15) is 5.10 Å². The van der Waals surface area contributed by atoms with Crippen LogP contribution in [0.5, 0.6) is 5.75 Å². The van der Waals surface area contributed by atoms with E-state index in [1.807, 2.05) is 51.9 Å². The third kappa shape index (κ3) is 6.33. The molecule has 4 aromatic rings. The normalized spacial score (nSPS) is 19.8. The summed E-state index contributed by atoms with van der Waals surface area (Å²) in [6.45, 7) is 7.91. The summed E-state index contributed by atoms with van der Waals surface area (Å²) in [5.74, 6) is 1.55. The number of nitrogens with zero attached hydrogens (tertiary/aromatic N) is 7. The molecule has 0 N–H and O–H groups in total. The Morgan fingerprint density at radius 2 is 1.70 bits per heavy atom. The molecule has 242 valence electrons. The number of urea groups is 1. The van der Waals surface area contributed by atoms with E-state index in [1.54, 1.807) is 12.4 Å². The summed E-state index contributed by atoms with van der Waals surface area (Å²) in [6, 6.07) is 10.2. The molecule has 0 aliphatic carbocycles. The van der Waals surface area contributed by atoms with Crippen LogP contribution in [0.3, 0.4) is 0 Å². The molecule has 13 heteroatoms. The lowest BCUT2D eigenvalue weighted by Crippen LogP contribution is -2.55. The number of carbonyl (C=O) groups is 1. The summed E-state index contributed by atoms with van der Waals surface area (Å²) in [7, 11) is 0. The largest absolute Gasteiger partial charge is 0.486 e. The maximum Gasteiger partial charge on any atom is 0.320 e. The molecule has 6 heterocycles. The van der Waals surface area contributed by atoms with Gasteiger partial charge in [0.15, 0.2) is 6.23 Å². The number of pyridine rings is 2. The second kappa shape index (κ2) is 13.6. The number of ether oxygens (including phenoxy) is 3. The molecule has 2 amide bonds. The Labute approximate surface area is 277 Å². The number of benzene rings is 1. The quantitative estimate of drug-likeness (QED) is 0.240. The van der Waals surface area contributed by atoms with Gasteiger partial charge in [0.25, 0.3) is 0 Å². The fraction of sp³-hybridized carbons (Fsp3) is 0.455. The van der Waals surface area contributed by atoms with Crippen LogP contribution in [0, 0.1) is 0 Å². The van der Waals surface area contributed by atoms with E-state index in [2.05, 4.69) is 16.0 Å². The van der Waals surface area contributed by atoms with Crippen LogP contribution in [0.4, 0.5) is 10.6 Å². The highest BCUT2D eigenvalue weighted by molar-refractivity contribution is 6.35. The van der Waals surface area contributed by atoms with Gasteiger partial charge in [-0.25, -0.2) is 14.5 Å². The van der Waals surface area contributed by atoms with E-state index in [-0.39, 0.29) is 12.3 Å². The molecule has 1 unspecified atom stereocenters. The van der Waals surface area contributed by atoms with Gasteiger partial charge in [0.2, 0.25) is 0 Å². The van der Waals surface area contributed by atoms with Gasteiger partial charge in [-0.15, -0.1) is 0 Å². The average molecular weight is 667 g/mol. The van der Waals surface area contributed by atoms with E-state index < -0.39 is 6.10 Å². The van der Waals surface area contributed by atoms with Crippen LogP contribution in [0.1, 0.15) is 44.1 Å². The summed E-state index contributed by atoms with van der Waals surface area (Å²) in [5, 5.41) is 6.94. The molecule has 0 saturated carbocycles. The number of anilines is 1. The predicted octanol–water partition coefficient (Wildman–Crippen LogP) is 6.21. The van der Waals surface area contributed by atoms with E-state index >= 15 is 0 Å². The molecule has 3 fully saturated rings. The van der Waals surface area contributed by atoms with Gasteiger partial charge in [0.1, 0.15) is 23.4 Å². The number of amides is 2. The number of piperazine rings is 1. The molecule has 3 aromatic heterocycles. The van der Waals surface area contributed by atoms with E-state index in [1.165, 1.54) is 0 Å². The number of rotatable bonds is 6. The Bertz CT molecular complexity index is 1660. The highest BCUT2D eigenvalue weighted by Gasteiger charge is 2.28. The van der Waals surface area contributed by atoms with Gasteiger partial charge in [0.05, 0.1) is 28.8 Å². The molecule has 3 aliphatic rings. The number of carbonyl (C=O) groups excluding carboxylic acids is 1. The smallest absolute Gasteiger partial charge is 0.320 e. The lowest BCUT2D eigenvalue weighted by Gasteiger charge is -2.38. The van der Waals surface area contributed by atoms with Gasteiger partial charge in [-0.1, -0.05) is 23.2 Å². The highest BCUT2D eigenvalue weighted by atomic mass is 35.5. The monoisotopic (exact) mass is 665 g/mol. The van der Waals surface area contributed by atoms with Crippen LogP contribution < -0.4 is 9.64 Å². The number of morpholine rings is 1. The Morgan fingerprint density at radius 3 is 2.39 bits per heavy atom. The first kappa shape index (κ1) is 31.0. The molecule has 3 aliphatic heterocycles. The van der Waals surface area contributed by atoms with Gasteiger partial charge in [-0.05, 0) is 56.5 Å². The third-order valence-corrected chi connectivity index (χ3v) is 9.50. The average Bonchev–Trinajstić information content (AvgIpc) is 3.48. The van der Waals surface area contributed by atoms with Crippen molar-refractivity contribution in [2.75, 3.05) is 64.0 Å². The summed E-state index contributed by atoms with van der Waals surface area (Å²) < 4.78 is 19.9. The molecule has 2 atom stereocenters. The predicted molar refractivity (Wildman–Crippen MR) is 177 cm³/mol. The number of fused-ring (bicyclic) bond motifs is 1. The zero-order valence-corrected chi connectivity index (χ0v) is 27.3. The van der Waals surface area contributed by atoms with E-state index in [0.717, 1.165) is 66.9 Å². The van der Waals surface area contributed by atoms with Gasteiger partial charge in [0, 0.05) is 81.0 Å². The second-order valence-corrected chi connectivity index (χ2v) is 12.6. The molecule has 0 bridgehead atoms. The first-order valence-electron chi connectivity index (χ1n) is 15.9. The van der Waals surface area contributed by atoms with Crippen molar-refractivity contribution in [3.8, 4) is 17.0 Å². The first-order valence-corrected chi connectivity index (χ1v) is 16.6. The van der Waals surface area contributed by atoms with Gasteiger partial charge in [-0.3, -0.25) is 4.98 Å². The number of hydrogen-bond donors (Lipinski definition) is 0. The molecule has 0 radical (unpaired) electrons. The van der Waals surface area contributed by atoms with Crippen molar-refractivity contribution in [2.24, 2.45) is 0 Å². The maximum absolute atomic E-state index is 12.9. The summed E-state index contributed by atoms with van der Waals surface area (Å²) in [4.78, 5) is 27.9. The fourth-order valence-corrected chi connectivity index (χ4v) is 7.08. The number of hydrogen-bond acceptors (Lipinski definition) is 8. The van der Waals surface area contributed by atoms with Crippen molar-refractivity contribution in [3.63, 3.8) is 0 Å². The molecule has 7 rings (SSSR count). The standard InChI is InChI=1S/C33H37Cl2N7O4/c1-22(31-26(34)20-36-21-27(31)35)46-24-6-7-28-25(18-24)32(38-42(28)30-4-2-3-15-45-30)23-5-8-29(37-19-23)39-9-11-40(12-10-39)33(43)41-13-16-44-17-14-41/h5-8,18-22,30H,2-4,9-17H2,1H3/t22-,30?/m1/s1. The Balaban J connectivity index is 1.12. The van der Waals surface area contributed by atoms with Crippen LogP contribution in [-0.2, 0) is 9.47 Å². The van der Waals surface area contributed by atoms with E-state index in [9.17, 15) is 4.79 Å². The number of aromatic nitrogens is 4. The van der Waals surface area contributed by atoms with Crippen LogP contribution in [0.25, 0.3) is 22.2 Å². The van der Waals surface area contributed by atoms with Crippen LogP contribution >= 0.6 is 23.2 Å². The minimum Gasteiger partial charge on any atom is -0.486 e. The molecule has 0 spiro atoms. The number of halogens is 2. The molecule has 1 aromatic carbocycles. The zero-order valence-electron chi connectivity index (χ0n) is 25.8. The maximum atomic E-state index is 12.9. The minimum absolute atomic E-state index is 0.0976. The van der Waals surface area contributed by atoms with Crippen LogP contribution in [0.2, 0.25) is 10.0 Å². The van der Waals surface area contributed by atoms with Crippen molar-refractivity contribution in [1.29, 1.82) is 0 Å². The van der Waals surface area contributed by atoms with Crippen molar-refractivity contribution >= 4 is 46.0 Å². The minimum atomic E-state index is -0.397. The second-order valence-electron chi connectivity index (χ2n) is 11.8. The Kier molecular flexibility index (Phi) is 9.17. The lowest BCUT2D eigenvalue weighted by molar-refractivity contribution is -0.0365. The third-order valence-electron chi connectivity index (χ3n) is 8.89. The Hall–Kier alpha value is -3.64. The molecule has 11 nitrogen and oxygen atoms in total. The Morgan fingerprint density at radius 1 is 0.935 bits per heavy atom. The van der Waals surface area contributed by atoms with Crippen LogP contribution in [0.15, 0.2) is 48.9 Å². The first-order chi connectivity index (χ1) is 22.5. The molecular weight excluding hydrogens is 629 g/mol. The lowest BCUT2D eigenvalue weighted by atomic mass is 10.1. The fourth-order valence-electron chi connectivity index (χ4n) is 6.41. The molecule has 3 saturated heterocycles. The van der Waals surface area contributed by atoms with Gasteiger partial charge < -0.3 is 28.9 Å². The van der Waals surface area contributed by atoms with E-state index in [4.69, 9.17) is 47.5 Å². The van der Waals surface area contributed by atoms with Crippen molar-refractivity contribution in [1.82, 2.24) is 29.5 Å². The topological polar surface area (TPSA) is 98.1 Å². The van der Waals surface area contributed by atoms with Crippen molar-refractivity contribution < 1.29 is 19.0 Å². The SMILES string of the molecule is C[C@@H](Oc1ccc2c(c1)c(-c1ccc(N3CCN(C(=O)N4CCOCC4)CC3)nc1)nn2C1CCCCO1)c1c(Cl)cncc1Cl.